The molecule has 59 heavy (non-hydrogen) atoms. The lowest BCUT2D eigenvalue weighted by Gasteiger charge is -2.12. The number of rotatable bonds is 16. The summed E-state index contributed by atoms with van der Waals surface area (Å²) in [4.78, 5) is 58.0. The van der Waals surface area contributed by atoms with Crippen molar-refractivity contribution in [3.05, 3.63) is 141 Å². The van der Waals surface area contributed by atoms with Gasteiger partial charge in [0.25, 0.3) is 11.8 Å². The van der Waals surface area contributed by atoms with Crippen molar-refractivity contribution >= 4 is 57.6 Å². The number of carbonyl (C=O) groups is 2. The molecular formula is C38H36Cl2N10O7S2. The second kappa shape index (κ2) is 22.4. The highest BCUT2D eigenvalue weighted by atomic mass is 35.5. The average molecular weight is 880 g/mol. The molecule has 1 unspecified atom stereocenters. The summed E-state index contributed by atoms with van der Waals surface area (Å²) in [5.41, 5.74) is 2.99. The third-order valence-electron chi connectivity index (χ3n) is 7.77. The maximum Gasteiger partial charge on any atom is 0.258 e. The molecule has 306 valence electrons. The molecule has 4 heterocycles. The Morgan fingerprint density at radius 3 is 1.59 bits per heavy atom. The number of hydrogen-bond donors (Lipinski definition) is 4. The Hall–Kier alpha value is -5.70. The molecule has 21 heteroatoms. The standard InChI is InChI=1S/C19H18ClN5O4S.C19H18ClN5O3S/c1-30(28)19-24-8-14(17(27)23-9-16-21-5-2-6-22-16)18(25-19)29-11-12-3-4-13(10-26)15(20)7-12;1-29-19-24-8-14(17(27)23-9-16-21-5-2-6-22-16)18(25-19)28-11-12-3-4-13(10-26)15(20)7-12/h2-8,26H,9-11H2,1H3,(H,23,27);2-8,26H,9-11H2,1H3,(H,23,27). The third kappa shape index (κ3) is 13.2. The first-order valence-corrected chi connectivity index (χ1v) is 20.8. The molecule has 17 nitrogen and oxygen atoms in total. The highest BCUT2D eigenvalue weighted by molar-refractivity contribution is 7.98. The van der Waals surface area contributed by atoms with Crippen LogP contribution in [0.15, 0.2) is 96.0 Å². The van der Waals surface area contributed by atoms with Gasteiger partial charge in [0.1, 0.15) is 36.0 Å². The molecule has 0 radical (unpaired) electrons. The van der Waals surface area contributed by atoms with Crippen LogP contribution in [0.1, 0.15) is 54.6 Å². The number of aromatic nitrogens is 8. The summed E-state index contributed by atoms with van der Waals surface area (Å²) >= 11 is 13.6. The van der Waals surface area contributed by atoms with Gasteiger partial charge >= 0.3 is 0 Å². The zero-order valence-corrected chi connectivity index (χ0v) is 34.6. The van der Waals surface area contributed by atoms with Crippen molar-refractivity contribution < 1.29 is 33.5 Å². The Kier molecular flexibility index (Phi) is 16.9. The fraction of sp³-hybridized carbons (Fsp3) is 0.211. The number of amides is 2. The van der Waals surface area contributed by atoms with Gasteiger partial charge < -0.3 is 30.3 Å². The molecule has 0 saturated heterocycles. The van der Waals surface area contributed by atoms with Gasteiger partial charge in [-0.25, -0.2) is 29.9 Å². The summed E-state index contributed by atoms with van der Waals surface area (Å²) in [6.45, 7) is 0.171. The second-order valence-electron chi connectivity index (χ2n) is 11.8. The van der Waals surface area contributed by atoms with Crippen molar-refractivity contribution in [3.63, 3.8) is 0 Å². The first-order chi connectivity index (χ1) is 28.6. The average Bonchev–Trinajstić information content (AvgIpc) is 3.26. The van der Waals surface area contributed by atoms with E-state index in [0.717, 1.165) is 5.56 Å². The minimum Gasteiger partial charge on any atom is -0.472 e. The van der Waals surface area contributed by atoms with E-state index in [1.54, 1.807) is 73.3 Å². The maximum absolute atomic E-state index is 12.6. The van der Waals surface area contributed by atoms with E-state index in [4.69, 9.17) is 32.7 Å². The van der Waals surface area contributed by atoms with Crippen LogP contribution in [-0.4, -0.2) is 78.6 Å². The quantitative estimate of drug-likeness (QED) is 0.0783. The van der Waals surface area contributed by atoms with Crippen LogP contribution < -0.4 is 20.1 Å². The summed E-state index contributed by atoms with van der Waals surface area (Å²) in [7, 11) is -1.45. The Balaban J connectivity index is 0.000000224. The molecule has 0 aliphatic heterocycles. The normalized spacial score (nSPS) is 11.2. The van der Waals surface area contributed by atoms with Gasteiger partial charge in [-0.05, 0) is 52.8 Å². The van der Waals surface area contributed by atoms with E-state index in [1.807, 2.05) is 6.26 Å². The van der Waals surface area contributed by atoms with Gasteiger partial charge in [0.15, 0.2) is 5.16 Å². The van der Waals surface area contributed by atoms with Crippen LogP contribution in [0.3, 0.4) is 0 Å². The van der Waals surface area contributed by atoms with Crippen LogP contribution in [0, 0.1) is 0 Å². The van der Waals surface area contributed by atoms with Crippen LogP contribution in [0.5, 0.6) is 11.8 Å². The molecule has 0 spiro atoms. The van der Waals surface area contributed by atoms with Crippen molar-refractivity contribution in [1.82, 2.24) is 50.5 Å². The minimum atomic E-state index is -1.45. The lowest BCUT2D eigenvalue weighted by atomic mass is 10.1. The number of benzene rings is 2. The zero-order chi connectivity index (χ0) is 42.1. The first kappa shape index (κ1) is 44.4. The fourth-order valence-electron chi connectivity index (χ4n) is 4.74. The highest BCUT2D eigenvalue weighted by Crippen LogP contribution is 2.24. The number of aliphatic hydroxyl groups excluding tert-OH is 2. The number of hydrogen-bond acceptors (Lipinski definition) is 16. The summed E-state index contributed by atoms with van der Waals surface area (Å²) < 4.78 is 23.3. The zero-order valence-electron chi connectivity index (χ0n) is 31.4. The van der Waals surface area contributed by atoms with Crippen molar-refractivity contribution in [1.29, 1.82) is 0 Å². The Labute approximate surface area is 354 Å². The van der Waals surface area contributed by atoms with E-state index in [-0.39, 0.29) is 67.6 Å². The van der Waals surface area contributed by atoms with Gasteiger partial charge in [0.2, 0.25) is 16.9 Å². The Morgan fingerprint density at radius 1 is 0.712 bits per heavy atom. The molecule has 6 aromatic rings. The molecule has 1 atom stereocenters. The van der Waals surface area contributed by atoms with Crippen molar-refractivity contribution in [2.45, 2.75) is 49.8 Å². The molecule has 2 aromatic carbocycles. The van der Waals surface area contributed by atoms with Gasteiger partial charge in [-0.15, -0.1) is 0 Å². The minimum absolute atomic E-state index is 0.0102. The van der Waals surface area contributed by atoms with E-state index >= 15 is 0 Å². The van der Waals surface area contributed by atoms with Gasteiger partial charge in [0.05, 0.1) is 37.1 Å². The lowest BCUT2D eigenvalue weighted by molar-refractivity contribution is 0.0935. The smallest absolute Gasteiger partial charge is 0.258 e. The van der Waals surface area contributed by atoms with Crippen LogP contribution in [0.2, 0.25) is 10.0 Å². The Bertz CT molecular complexity index is 2390. The number of nitrogens with one attached hydrogen (secondary N) is 2. The number of halogens is 2. The predicted molar refractivity (Wildman–Crippen MR) is 218 cm³/mol. The van der Waals surface area contributed by atoms with Gasteiger partial charge in [-0.1, -0.05) is 59.2 Å². The summed E-state index contributed by atoms with van der Waals surface area (Å²) in [6, 6.07) is 13.7. The molecule has 0 aliphatic carbocycles. The van der Waals surface area contributed by atoms with Crippen molar-refractivity contribution in [3.8, 4) is 11.8 Å². The molecule has 2 amide bonds. The van der Waals surface area contributed by atoms with Crippen molar-refractivity contribution in [2.75, 3.05) is 12.5 Å². The summed E-state index contributed by atoms with van der Waals surface area (Å²) in [5, 5.41) is 25.2. The second-order valence-corrected chi connectivity index (χ2v) is 14.7. The van der Waals surface area contributed by atoms with E-state index < -0.39 is 22.6 Å². The maximum atomic E-state index is 12.6. The number of carbonyl (C=O) groups excluding carboxylic acids is 2. The number of nitrogens with zero attached hydrogens (tertiary/aromatic N) is 8. The largest absolute Gasteiger partial charge is 0.472 e. The van der Waals surface area contributed by atoms with E-state index in [9.17, 15) is 24.0 Å². The van der Waals surface area contributed by atoms with Gasteiger partial charge in [-0.2, -0.15) is 9.97 Å². The number of aliphatic hydroxyl groups is 2. The SMILES string of the molecule is CS(=O)c1ncc(C(=O)NCc2ncccn2)c(OCc2ccc(CO)c(Cl)c2)n1.CSc1ncc(C(=O)NCc2ncccn2)c(OCc2ccc(CO)c(Cl)c2)n1. The predicted octanol–water partition coefficient (Wildman–Crippen LogP) is 4.30. The lowest BCUT2D eigenvalue weighted by Crippen LogP contribution is -2.25. The molecule has 6 rings (SSSR count). The number of ether oxygens (including phenoxy) is 2. The third-order valence-corrected chi connectivity index (χ3v) is 9.75. The summed E-state index contributed by atoms with van der Waals surface area (Å²) in [6.07, 6.45) is 12.3. The summed E-state index contributed by atoms with van der Waals surface area (Å²) in [5.74, 6) is 0.207. The van der Waals surface area contributed by atoms with Crippen LogP contribution in [0.25, 0.3) is 0 Å². The molecule has 4 aromatic heterocycles. The van der Waals surface area contributed by atoms with E-state index in [0.29, 0.717) is 43.5 Å². The molecule has 0 fully saturated rings. The molecule has 4 N–H and O–H groups in total. The van der Waals surface area contributed by atoms with Gasteiger partial charge in [0, 0.05) is 53.5 Å². The van der Waals surface area contributed by atoms with Crippen LogP contribution in [0.4, 0.5) is 0 Å². The van der Waals surface area contributed by atoms with Crippen LogP contribution >= 0.6 is 35.0 Å². The topological polar surface area (TPSA) is 237 Å². The fourth-order valence-corrected chi connectivity index (χ4v) is 6.01. The Morgan fingerprint density at radius 2 is 1.17 bits per heavy atom. The van der Waals surface area contributed by atoms with Gasteiger partial charge in [-0.3, -0.25) is 13.8 Å². The van der Waals surface area contributed by atoms with E-state index in [1.165, 1.54) is 30.4 Å². The van der Waals surface area contributed by atoms with Crippen molar-refractivity contribution in [2.24, 2.45) is 0 Å². The monoisotopic (exact) mass is 878 g/mol. The highest BCUT2D eigenvalue weighted by Gasteiger charge is 2.19. The molecule has 0 bridgehead atoms. The number of thioether (sulfide) groups is 1. The molecular weight excluding hydrogens is 844 g/mol. The van der Waals surface area contributed by atoms with E-state index in [2.05, 4.69) is 50.5 Å². The molecule has 0 aliphatic rings. The first-order valence-electron chi connectivity index (χ1n) is 17.3. The van der Waals surface area contributed by atoms with Crippen LogP contribution in [-0.2, 0) is 50.3 Å². The molecule has 0 saturated carbocycles.